The molecular formula is C65H127NO5. The van der Waals surface area contributed by atoms with Crippen molar-refractivity contribution >= 4 is 11.9 Å². The molecule has 2 unspecified atom stereocenters. The molecular weight excluding hydrogens is 875 g/mol. The van der Waals surface area contributed by atoms with E-state index in [4.69, 9.17) is 4.74 Å². The molecule has 6 nitrogen and oxygen atoms in total. The Morgan fingerprint density at radius 2 is 0.662 bits per heavy atom. The number of esters is 1. The van der Waals surface area contributed by atoms with E-state index in [1.165, 1.54) is 283 Å². The van der Waals surface area contributed by atoms with Crippen LogP contribution < -0.4 is 5.32 Å². The predicted octanol–water partition coefficient (Wildman–Crippen LogP) is 20.4. The number of hydrogen-bond donors (Lipinski definition) is 3. The Kier molecular flexibility index (Phi) is 59.9. The third kappa shape index (κ3) is 57.7. The third-order valence-corrected chi connectivity index (χ3v) is 15.3. The van der Waals surface area contributed by atoms with Gasteiger partial charge in [-0.15, -0.1) is 0 Å². The Balaban J connectivity index is 3.42. The lowest BCUT2D eigenvalue weighted by Crippen LogP contribution is -2.45. The van der Waals surface area contributed by atoms with E-state index >= 15 is 0 Å². The fraction of sp³-hybridized carbons (Fsp3) is 0.938. The molecule has 71 heavy (non-hydrogen) atoms. The molecule has 2 atom stereocenters. The van der Waals surface area contributed by atoms with Crippen molar-refractivity contribution in [1.82, 2.24) is 5.32 Å². The number of aliphatic hydroxyl groups excluding tert-OH is 2. The molecule has 1 amide bonds. The molecule has 0 heterocycles. The Morgan fingerprint density at radius 3 is 1.00 bits per heavy atom. The molecule has 0 fully saturated rings. The van der Waals surface area contributed by atoms with Crippen LogP contribution in [-0.2, 0) is 14.3 Å². The van der Waals surface area contributed by atoms with Crippen molar-refractivity contribution in [1.29, 1.82) is 0 Å². The molecule has 0 saturated heterocycles. The minimum atomic E-state index is -0.671. The average molecular weight is 1000 g/mol. The Hall–Kier alpha value is -1.40. The van der Waals surface area contributed by atoms with Crippen molar-refractivity contribution < 1.29 is 24.5 Å². The Labute approximate surface area is 444 Å². The SMILES string of the molecule is CCCCCCCC/C=C\CCCCCCCC(=O)OCCCCCCCCCCCCCCCCCC(=O)NC(CO)C(O)CCCCCCCCCCCCCCCCCCCCCCCCCC. The van der Waals surface area contributed by atoms with Gasteiger partial charge in [0.05, 0.1) is 25.4 Å². The van der Waals surface area contributed by atoms with E-state index < -0.39 is 12.1 Å². The van der Waals surface area contributed by atoms with Gasteiger partial charge in [-0.05, 0) is 51.4 Å². The van der Waals surface area contributed by atoms with Crippen LogP contribution in [0.25, 0.3) is 0 Å². The van der Waals surface area contributed by atoms with Crippen molar-refractivity contribution in [3.63, 3.8) is 0 Å². The van der Waals surface area contributed by atoms with Gasteiger partial charge in [0.25, 0.3) is 0 Å². The lowest BCUT2D eigenvalue weighted by molar-refractivity contribution is -0.143. The van der Waals surface area contributed by atoms with E-state index in [2.05, 4.69) is 31.3 Å². The van der Waals surface area contributed by atoms with Crippen molar-refractivity contribution in [2.45, 2.75) is 379 Å². The maximum Gasteiger partial charge on any atom is 0.305 e. The Bertz CT molecular complexity index is 1060. The van der Waals surface area contributed by atoms with Gasteiger partial charge in [0, 0.05) is 12.8 Å². The molecule has 0 saturated carbocycles. The van der Waals surface area contributed by atoms with Crippen LogP contribution in [0.1, 0.15) is 367 Å². The maximum atomic E-state index is 12.5. The predicted molar refractivity (Wildman–Crippen MR) is 310 cm³/mol. The van der Waals surface area contributed by atoms with Crippen molar-refractivity contribution in [3.05, 3.63) is 12.2 Å². The summed E-state index contributed by atoms with van der Waals surface area (Å²) in [5.41, 5.74) is 0. The summed E-state index contributed by atoms with van der Waals surface area (Å²) >= 11 is 0. The number of nitrogens with one attached hydrogen (secondary N) is 1. The zero-order chi connectivity index (χ0) is 51.4. The molecule has 0 aliphatic rings. The molecule has 6 heteroatoms. The minimum absolute atomic E-state index is 0.00584. The minimum Gasteiger partial charge on any atom is -0.466 e. The van der Waals surface area contributed by atoms with Crippen LogP contribution in [0.15, 0.2) is 12.2 Å². The van der Waals surface area contributed by atoms with Gasteiger partial charge in [0.1, 0.15) is 0 Å². The Morgan fingerprint density at radius 1 is 0.380 bits per heavy atom. The molecule has 0 aromatic carbocycles. The zero-order valence-corrected chi connectivity index (χ0v) is 48.2. The smallest absolute Gasteiger partial charge is 0.305 e. The van der Waals surface area contributed by atoms with Gasteiger partial charge in [-0.25, -0.2) is 0 Å². The summed E-state index contributed by atoms with van der Waals surface area (Å²) in [6.45, 7) is 4.96. The lowest BCUT2D eigenvalue weighted by atomic mass is 10.0. The fourth-order valence-electron chi connectivity index (χ4n) is 10.3. The summed E-state index contributed by atoms with van der Waals surface area (Å²) in [4.78, 5) is 24.6. The van der Waals surface area contributed by atoms with Gasteiger partial charge < -0.3 is 20.3 Å². The first-order valence-corrected chi connectivity index (χ1v) is 32.4. The molecule has 0 aliphatic carbocycles. The first-order chi connectivity index (χ1) is 35.0. The van der Waals surface area contributed by atoms with Crippen molar-refractivity contribution in [2.75, 3.05) is 13.2 Å². The normalized spacial score (nSPS) is 12.6. The number of amides is 1. The number of carbonyl (C=O) groups excluding carboxylic acids is 2. The topological polar surface area (TPSA) is 95.9 Å². The van der Waals surface area contributed by atoms with Crippen LogP contribution in [-0.4, -0.2) is 47.4 Å². The van der Waals surface area contributed by atoms with Crippen LogP contribution in [0.4, 0.5) is 0 Å². The second kappa shape index (κ2) is 61.1. The van der Waals surface area contributed by atoms with Gasteiger partial charge in [-0.1, -0.05) is 315 Å². The quantitative estimate of drug-likeness (QED) is 0.0320. The van der Waals surface area contributed by atoms with E-state index in [0.29, 0.717) is 25.9 Å². The highest BCUT2D eigenvalue weighted by atomic mass is 16.5. The highest BCUT2D eigenvalue weighted by Gasteiger charge is 2.20. The maximum absolute atomic E-state index is 12.5. The third-order valence-electron chi connectivity index (χ3n) is 15.3. The lowest BCUT2D eigenvalue weighted by Gasteiger charge is -2.22. The first-order valence-electron chi connectivity index (χ1n) is 32.4. The number of unbranched alkanes of at least 4 members (excludes halogenated alkanes) is 48. The number of carbonyl (C=O) groups is 2. The van der Waals surface area contributed by atoms with E-state index in [0.717, 1.165) is 51.4 Å². The second-order valence-corrected chi connectivity index (χ2v) is 22.5. The molecule has 0 rings (SSSR count). The summed E-state index contributed by atoms with van der Waals surface area (Å²) in [5.74, 6) is -0.0450. The monoisotopic (exact) mass is 1000 g/mol. The number of hydrogen-bond acceptors (Lipinski definition) is 5. The molecule has 0 radical (unpaired) electrons. The molecule has 0 aromatic rings. The first kappa shape index (κ1) is 69.6. The highest BCUT2D eigenvalue weighted by molar-refractivity contribution is 5.76. The van der Waals surface area contributed by atoms with Gasteiger partial charge >= 0.3 is 5.97 Å². The number of allylic oxidation sites excluding steroid dienone is 2. The molecule has 0 aliphatic heterocycles. The summed E-state index contributed by atoms with van der Waals surface area (Å²) in [6, 6.07) is -0.549. The van der Waals surface area contributed by atoms with Crippen molar-refractivity contribution in [3.8, 4) is 0 Å². The molecule has 0 aromatic heterocycles. The summed E-state index contributed by atoms with van der Waals surface area (Å²) in [5, 5.41) is 23.4. The molecule has 3 N–H and O–H groups in total. The standard InChI is InChI=1S/C65H127NO5/c1-3-5-7-9-11-13-15-17-19-20-21-22-23-24-25-26-27-30-33-37-41-45-49-53-57-63(68)62(61-67)66-64(69)58-54-50-46-42-38-34-31-28-32-36-40-44-48-52-56-60-71-65(70)59-55-51-47-43-39-35-29-18-16-14-12-10-8-6-4-2/h18,29,62-63,67-68H,3-17,19-28,30-61H2,1-2H3,(H,66,69)/b29-18-. The summed E-state index contributed by atoms with van der Waals surface area (Å²) in [7, 11) is 0. The van der Waals surface area contributed by atoms with Gasteiger partial charge in [0.2, 0.25) is 5.91 Å². The summed E-state index contributed by atoms with van der Waals surface area (Å²) in [6.07, 6.45) is 73.7. The van der Waals surface area contributed by atoms with Crippen LogP contribution in [0.2, 0.25) is 0 Å². The summed E-state index contributed by atoms with van der Waals surface area (Å²) < 4.78 is 5.48. The van der Waals surface area contributed by atoms with Crippen LogP contribution >= 0.6 is 0 Å². The number of aliphatic hydroxyl groups is 2. The van der Waals surface area contributed by atoms with Gasteiger partial charge in [0.15, 0.2) is 0 Å². The van der Waals surface area contributed by atoms with Gasteiger partial charge in [-0.2, -0.15) is 0 Å². The average Bonchev–Trinajstić information content (AvgIpc) is 3.37. The van der Waals surface area contributed by atoms with Crippen LogP contribution in [0.3, 0.4) is 0 Å². The molecule has 0 bridgehead atoms. The highest BCUT2D eigenvalue weighted by Crippen LogP contribution is 2.18. The molecule has 422 valence electrons. The second-order valence-electron chi connectivity index (χ2n) is 22.5. The zero-order valence-electron chi connectivity index (χ0n) is 48.2. The van der Waals surface area contributed by atoms with Gasteiger partial charge in [-0.3, -0.25) is 9.59 Å². The van der Waals surface area contributed by atoms with E-state index in [-0.39, 0.29) is 18.5 Å². The fourth-order valence-corrected chi connectivity index (χ4v) is 10.3. The number of rotatable bonds is 61. The van der Waals surface area contributed by atoms with E-state index in [1.54, 1.807) is 0 Å². The molecule has 0 spiro atoms. The van der Waals surface area contributed by atoms with Crippen LogP contribution in [0, 0.1) is 0 Å². The van der Waals surface area contributed by atoms with E-state index in [9.17, 15) is 19.8 Å². The largest absolute Gasteiger partial charge is 0.466 e. The van der Waals surface area contributed by atoms with Crippen LogP contribution in [0.5, 0.6) is 0 Å². The van der Waals surface area contributed by atoms with E-state index in [1.807, 2.05) is 0 Å². The number of ether oxygens (including phenoxy) is 1. The van der Waals surface area contributed by atoms with Crippen molar-refractivity contribution in [2.24, 2.45) is 0 Å².